The van der Waals surface area contributed by atoms with Crippen LogP contribution in [0, 0.1) is 10.8 Å². The molecule has 0 rings (SSSR count). The van der Waals surface area contributed by atoms with Gasteiger partial charge in [-0.25, -0.2) is 16.8 Å². The second-order valence-electron chi connectivity index (χ2n) is 15.3. The van der Waals surface area contributed by atoms with E-state index in [1.807, 2.05) is 0 Å². The summed E-state index contributed by atoms with van der Waals surface area (Å²) in [6, 6.07) is 0. The third kappa shape index (κ3) is 28.4. The van der Waals surface area contributed by atoms with Crippen LogP contribution < -0.4 is 20.4 Å². The van der Waals surface area contributed by atoms with Gasteiger partial charge in [0.25, 0.3) is 0 Å². The van der Waals surface area contributed by atoms with Crippen LogP contribution in [-0.4, -0.2) is 129 Å². The van der Waals surface area contributed by atoms with Gasteiger partial charge in [0.2, 0.25) is 0 Å². The summed E-state index contributed by atoms with van der Waals surface area (Å²) in [7, 11) is -10.8. The Morgan fingerprint density at radius 3 is 0.678 bits per heavy atom. The molecule has 0 saturated carbocycles. The third-order valence-electron chi connectivity index (χ3n) is 10.7. The van der Waals surface area contributed by atoms with E-state index in [9.17, 15) is 65.5 Å². The van der Waals surface area contributed by atoms with Gasteiger partial charge in [0.15, 0.2) is 0 Å². The van der Waals surface area contributed by atoms with Crippen LogP contribution in [0.15, 0.2) is 0 Å². The molecular formula is C40H70Mg3O14S2. The zero-order valence-corrected chi connectivity index (χ0v) is 42.5. The number of unbranched alkanes of at least 4 members (excludes halogenated alkanes) is 20. The van der Waals surface area contributed by atoms with Crippen LogP contribution in [-0.2, 0) is 39.4 Å². The van der Waals surface area contributed by atoms with Gasteiger partial charge in [0.1, 0.15) is 20.2 Å². The number of carbonyl (C=O) groups excluding carboxylic acids is 4. The molecule has 2 unspecified atom stereocenters. The van der Waals surface area contributed by atoms with Gasteiger partial charge in [-0.15, -0.1) is 0 Å². The first-order valence-corrected chi connectivity index (χ1v) is 23.9. The predicted molar refractivity (Wildman–Crippen MR) is 221 cm³/mol. The number of carbonyl (C=O) groups is 4. The third-order valence-corrected chi connectivity index (χ3v) is 13.2. The molecule has 0 amide bonds. The Kier molecular flexibility index (Phi) is 44.4. The van der Waals surface area contributed by atoms with E-state index in [1.54, 1.807) is 0 Å². The normalized spacial score (nSPS) is 12.7. The van der Waals surface area contributed by atoms with Gasteiger partial charge in [0.05, 0.1) is 22.4 Å². The molecule has 0 aromatic carbocycles. The van der Waals surface area contributed by atoms with Crippen molar-refractivity contribution >= 4 is 113 Å². The van der Waals surface area contributed by atoms with E-state index < -0.39 is 65.4 Å². The molecule has 332 valence electrons. The van der Waals surface area contributed by atoms with Crippen molar-refractivity contribution in [3.8, 4) is 0 Å². The first kappa shape index (κ1) is 68.1. The monoisotopic (exact) mass is 910 g/mol. The summed E-state index contributed by atoms with van der Waals surface area (Å²) in [5.41, 5.74) is -4.48. The van der Waals surface area contributed by atoms with E-state index >= 15 is 0 Å². The second kappa shape index (κ2) is 38.5. The molecule has 0 aliphatic rings. The Morgan fingerprint density at radius 1 is 0.373 bits per heavy atom. The van der Waals surface area contributed by atoms with Crippen molar-refractivity contribution in [1.29, 1.82) is 0 Å². The molecule has 0 aliphatic carbocycles. The maximum Gasteiger partial charge on any atom is 2.00 e. The molecule has 0 spiro atoms. The quantitative estimate of drug-likeness (QED) is 0.0497. The molecule has 0 radical (unpaired) electrons. The van der Waals surface area contributed by atoms with Gasteiger partial charge in [-0.05, 0) is 25.7 Å². The number of carboxylic acids is 4. The van der Waals surface area contributed by atoms with E-state index in [1.165, 1.54) is 0 Å². The molecule has 2 atom stereocenters. The first-order valence-electron chi connectivity index (χ1n) is 21.0. The topological polar surface area (TPSA) is 275 Å². The molecule has 0 aromatic heterocycles. The summed E-state index contributed by atoms with van der Waals surface area (Å²) >= 11 is 0. The van der Waals surface area contributed by atoms with Crippen molar-refractivity contribution < 1.29 is 65.5 Å². The standard InChI is InChI=1S/2C20H38O7S.3Mg/c2*1-3-5-7-9-11-13-15-20(19(23)24,16-14-12-10-8-6-4-2)17(18(21)22)28(25,26)27;;;/h2*17H,3-16H2,1-2H3,(H,21,22)(H,23,24)(H,25,26,27);;;/q;;3*+2/p-6. The van der Waals surface area contributed by atoms with Crippen molar-refractivity contribution in [2.75, 3.05) is 0 Å². The molecule has 14 nitrogen and oxygen atoms in total. The molecule has 0 saturated heterocycles. The molecule has 0 N–H and O–H groups in total. The molecule has 59 heavy (non-hydrogen) atoms. The van der Waals surface area contributed by atoms with Gasteiger partial charge in [-0.1, -0.05) is 182 Å². The summed E-state index contributed by atoms with van der Waals surface area (Å²) in [5, 5.41) is 41.6. The van der Waals surface area contributed by atoms with Gasteiger partial charge in [0, 0.05) is 22.8 Å². The molecule has 19 heteroatoms. The predicted octanol–water partition coefficient (Wildman–Crippen LogP) is 2.63. The number of aliphatic carboxylic acids is 4. The summed E-state index contributed by atoms with van der Waals surface area (Å²) in [6.45, 7) is 8.24. The Balaban J connectivity index is -0.000000314. The molecule has 0 fully saturated rings. The van der Waals surface area contributed by atoms with Crippen molar-refractivity contribution in [1.82, 2.24) is 0 Å². The molecular weight excluding hydrogens is 841 g/mol. The van der Waals surface area contributed by atoms with Crippen molar-refractivity contribution in [3.05, 3.63) is 0 Å². The number of hydrogen-bond acceptors (Lipinski definition) is 14. The molecule has 0 heterocycles. The average molecular weight is 912 g/mol. The number of hydrogen-bond donors (Lipinski definition) is 0. The summed E-state index contributed by atoms with van der Waals surface area (Å²) < 4.78 is 69.6. The molecule has 0 aromatic rings. The number of carboxylic acid groups (broad SMARTS) is 4. The van der Waals surface area contributed by atoms with E-state index in [2.05, 4.69) is 27.7 Å². The van der Waals surface area contributed by atoms with Crippen LogP contribution in [0.5, 0.6) is 0 Å². The second-order valence-corrected chi connectivity index (χ2v) is 18.3. The Hall–Kier alpha value is -0.00130. The fourth-order valence-electron chi connectivity index (χ4n) is 7.52. The minimum absolute atomic E-state index is 0. The SMILES string of the molecule is CCCCCCCCC(CCCCCCCC)(C(=O)[O-])C(C(=O)[O-])S(=O)(=O)[O-].CCCCCCCCC(CCCCCCCC)(C(=O)[O-])C(C(=O)[O-])S(=O)(=O)[O-].[Mg+2].[Mg+2].[Mg+2]. The summed E-state index contributed by atoms with van der Waals surface area (Å²) in [4.78, 5) is 46.8. The van der Waals surface area contributed by atoms with Crippen LogP contribution in [0.3, 0.4) is 0 Å². The van der Waals surface area contributed by atoms with Gasteiger partial charge in [-0.3, -0.25) is 0 Å². The molecule has 0 bridgehead atoms. The summed E-state index contributed by atoms with van der Waals surface area (Å²) in [6.07, 6.45) is 18.6. The first-order chi connectivity index (χ1) is 26.3. The van der Waals surface area contributed by atoms with Crippen LogP contribution in [0.25, 0.3) is 0 Å². The van der Waals surface area contributed by atoms with Crippen molar-refractivity contribution in [3.63, 3.8) is 0 Å². The average Bonchev–Trinajstić information content (AvgIpc) is 3.08. The largest absolute Gasteiger partial charge is 2.00 e. The van der Waals surface area contributed by atoms with Crippen LogP contribution in [0.2, 0.25) is 0 Å². The van der Waals surface area contributed by atoms with Crippen molar-refractivity contribution in [2.45, 2.75) is 218 Å². The zero-order valence-electron chi connectivity index (χ0n) is 36.6. The minimum atomic E-state index is -5.40. The van der Waals surface area contributed by atoms with Crippen molar-refractivity contribution in [2.24, 2.45) is 10.8 Å². The van der Waals surface area contributed by atoms with Gasteiger partial charge >= 0.3 is 69.2 Å². The maximum absolute atomic E-state index is 11.9. The minimum Gasteiger partial charge on any atom is -0.747 e. The molecule has 0 aliphatic heterocycles. The number of rotatable bonds is 36. The smallest absolute Gasteiger partial charge is 0.747 e. The van der Waals surface area contributed by atoms with E-state index in [-0.39, 0.29) is 94.8 Å². The zero-order chi connectivity index (χ0) is 43.3. The van der Waals surface area contributed by atoms with Crippen LogP contribution >= 0.6 is 0 Å². The van der Waals surface area contributed by atoms with E-state index in [0.717, 1.165) is 103 Å². The Morgan fingerprint density at radius 2 is 0.542 bits per heavy atom. The van der Waals surface area contributed by atoms with E-state index in [0.29, 0.717) is 51.4 Å². The van der Waals surface area contributed by atoms with Crippen LogP contribution in [0.1, 0.15) is 207 Å². The van der Waals surface area contributed by atoms with E-state index in [4.69, 9.17) is 0 Å². The summed E-state index contributed by atoms with van der Waals surface area (Å²) in [5.74, 6) is -7.89. The van der Waals surface area contributed by atoms with Gasteiger partial charge in [-0.2, -0.15) is 0 Å². The maximum atomic E-state index is 11.9. The fourth-order valence-corrected chi connectivity index (χ4v) is 9.76. The Labute approximate surface area is 404 Å². The van der Waals surface area contributed by atoms with Crippen LogP contribution in [0.4, 0.5) is 0 Å². The Bertz CT molecular complexity index is 1200. The fraction of sp³-hybridized carbons (Fsp3) is 0.900. The van der Waals surface area contributed by atoms with Gasteiger partial charge < -0.3 is 48.7 Å².